The van der Waals surface area contributed by atoms with Crippen molar-refractivity contribution in [2.45, 2.75) is 39.0 Å². The highest BCUT2D eigenvalue weighted by Crippen LogP contribution is 2.44. The van der Waals surface area contributed by atoms with E-state index in [1.807, 2.05) is 80.6 Å². The average molecular weight is 466 g/mol. The molecule has 0 spiro atoms. The van der Waals surface area contributed by atoms with Crippen molar-refractivity contribution in [3.05, 3.63) is 95.3 Å². The van der Waals surface area contributed by atoms with E-state index < -0.39 is 11.8 Å². The van der Waals surface area contributed by atoms with Gasteiger partial charge in [0.25, 0.3) is 0 Å². The first-order valence-corrected chi connectivity index (χ1v) is 11.9. The minimum atomic E-state index is -0.634. The van der Waals surface area contributed by atoms with Gasteiger partial charge >= 0.3 is 0 Å². The van der Waals surface area contributed by atoms with Crippen molar-refractivity contribution < 1.29 is 14.3 Å². The van der Waals surface area contributed by atoms with E-state index in [4.69, 9.17) is 9.73 Å². The van der Waals surface area contributed by atoms with Gasteiger partial charge in [-0.3, -0.25) is 14.6 Å². The fraction of sp³-hybridized carbons (Fsp3) is 0.241. The van der Waals surface area contributed by atoms with Crippen LogP contribution in [-0.2, 0) is 9.59 Å². The molecule has 1 aromatic heterocycles. The molecule has 1 aliphatic heterocycles. The molecule has 5 rings (SSSR count). The third-order valence-corrected chi connectivity index (χ3v) is 6.45. The number of anilines is 1. The van der Waals surface area contributed by atoms with Gasteiger partial charge < -0.3 is 10.1 Å². The Morgan fingerprint density at radius 1 is 0.943 bits per heavy atom. The zero-order chi connectivity index (χ0) is 24.4. The van der Waals surface area contributed by atoms with Crippen molar-refractivity contribution in [3.63, 3.8) is 0 Å². The third-order valence-electron chi connectivity index (χ3n) is 6.45. The van der Waals surface area contributed by atoms with Gasteiger partial charge in [0.2, 0.25) is 5.91 Å². The van der Waals surface area contributed by atoms with Crippen LogP contribution >= 0.6 is 0 Å². The first kappa shape index (κ1) is 22.7. The van der Waals surface area contributed by atoms with Crippen molar-refractivity contribution >= 4 is 23.2 Å². The topological polar surface area (TPSA) is 80.6 Å². The maximum Gasteiger partial charge on any atom is 0.235 e. The Morgan fingerprint density at radius 3 is 2.51 bits per heavy atom. The number of Topliss-reactive ketones (excluding diaryl/α,β-unsaturated/α-hetero) is 1. The summed E-state index contributed by atoms with van der Waals surface area (Å²) in [6, 6.07) is 22.7. The monoisotopic (exact) mass is 465 g/mol. The maximum absolute atomic E-state index is 13.6. The summed E-state index contributed by atoms with van der Waals surface area (Å²) in [5.74, 6) is 0.613. The molecule has 176 valence electrons. The highest BCUT2D eigenvalue weighted by atomic mass is 16.5. The Labute approximate surface area is 204 Å². The van der Waals surface area contributed by atoms with Crippen molar-refractivity contribution in [1.82, 2.24) is 4.98 Å². The van der Waals surface area contributed by atoms with Gasteiger partial charge in [-0.05, 0) is 68.7 Å². The van der Waals surface area contributed by atoms with Crippen molar-refractivity contribution in [2.75, 3.05) is 5.32 Å². The fourth-order valence-corrected chi connectivity index (χ4v) is 4.92. The summed E-state index contributed by atoms with van der Waals surface area (Å²) >= 11 is 0. The lowest BCUT2D eigenvalue weighted by Gasteiger charge is -2.35. The zero-order valence-corrected chi connectivity index (χ0v) is 19.8. The quantitative estimate of drug-likeness (QED) is 0.501. The molecular weight excluding hydrogens is 438 g/mol. The first-order valence-electron chi connectivity index (χ1n) is 11.9. The summed E-state index contributed by atoms with van der Waals surface area (Å²) in [4.78, 5) is 36.0. The molecule has 2 aromatic carbocycles. The molecule has 0 radical (unpaired) electrons. The highest BCUT2D eigenvalue weighted by Gasteiger charge is 2.42. The number of ether oxygens (including phenoxy) is 1. The van der Waals surface area contributed by atoms with Crippen LogP contribution in [0, 0.1) is 12.8 Å². The Hall–Kier alpha value is -4.06. The predicted octanol–water partition coefficient (Wildman–Crippen LogP) is 6.00. The van der Waals surface area contributed by atoms with Crippen LogP contribution in [0.15, 0.2) is 89.1 Å². The summed E-state index contributed by atoms with van der Waals surface area (Å²) in [6.07, 6.45) is 1.99. The first-order chi connectivity index (χ1) is 17.0. The minimum Gasteiger partial charge on any atom is -0.457 e. The van der Waals surface area contributed by atoms with E-state index in [1.54, 1.807) is 6.07 Å². The summed E-state index contributed by atoms with van der Waals surface area (Å²) in [6.45, 7) is 3.75. The summed E-state index contributed by atoms with van der Waals surface area (Å²) < 4.78 is 6.06. The molecule has 0 fully saturated rings. The van der Waals surface area contributed by atoms with Gasteiger partial charge in [0.05, 0.1) is 5.92 Å². The number of nitrogens with one attached hydrogen (secondary N) is 1. The number of rotatable bonds is 5. The van der Waals surface area contributed by atoms with Crippen LogP contribution in [0.3, 0.4) is 0 Å². The van der Waals surface area contributed by atoms with E-state index in [0.717, 1.165) is 35.5 Å². The molecule has 2 heterocycles. The number of benzene rings is 2. The van der Waals surface area contributed by atoms with Crippen molar-refractivity contribution in [2.24, 2.45) is 10.9 Å². The average Bonchev–Trinajstić information content (AvgIpc) is 2.84. The lowest BCUT2D eigenvalue weighted by Crippen LogP contribution is -2.39. The molecule has 2 aliphatic rings. The SMILES string of the molecule is CC1=NC2=C(C(=O)CCC2)[C@H](c2cccc(Oc3ccccc3)c2)C1C(=O)Nc1cccc(C)n1. The Bertz CT molecular complexity index is 1340. The molecule has 2 atom stereocenters. The van der Waals surface area contributed by atoms with E-state index in [-0.39, 0.29) is 11.7 Å². The normalized spacial score (nSPS) is 19.6. The molecule has 35 heavy (non-hydrogen) atoms. The summed E-state index contributed by atoms with van der Waals surface area (Å²) in [7, 11) is 0. The van der Waals surface area contributed by atoms with Crippen LogP contribution in [-0.4, -0.2) is 22.4 Å². The number of hydrogen-bond acceptors (Lipinski definition) is 5. The molecule has 1 amide bonds. The van der Waals surface area contributed by atoms with E-state index in [1.165, 1.54) is 0 Å². The lowest BCUT2D eigenvalue weighted by atomic mass is 9.71. The maximum atomic E-state index is 13.6. The van der Waals surface area contributed by atoms with Crippen LogP contribution in [0.5, 0.6) is 11.5 Å². The number of hydrogen-bond donors (Lipinski definition) is 1. The second-order valence-corrected chi connectivity index (χ2v) is 8.99. The molecule has 0 saturated heterocycles. The number of carbonyl (C=O) groups excluding carboxylic acids is 2. The number of para-hydroxylation sites is 1. The third kappa shape index (κ3) is 4.78. The summed E-state index contributed by atoms with van der Waals surface area (Å²) in [5, 5.41) is 2.95. The molecule has 6 nitrogen and oxygen atoms in total. The number of aromatic nitrogens is 1. The number of ketones is 1. The van der Waals surface area contributed by atoms with Gasteiger partial charge in [-0.15, -0.1) is 0 Å². The Balaban J connectivity index is 1.55. The fourth-order valence-electron chi connectivity index (χ4n) is 4.92. The van der Waals surface area contributed by atoms with Gasteiger partial charge in [-0.25, -0.2) is 4.98 Å². The number of aliphatic imine (C=N–C) groups is 1. The highest BCUT2D eigenvalue weighted by molar-refractivity contribution is 6.13. The van der Waals surface area contributed by atoms with E-state index in [2.05, 4.69) is 10.3 Å². The smallest absolute Gasteiger partial charge is 0.235 e. The summed E-state index contributed by atoms with van der Waals surface area (Å²) in [5.41, 5.74) is 3.81. The second-order valence-electron chi connectivity index (χ2n) is 8.99. The lowest BCUT2D eigenvalue weighted by molar-refractivity contribution is -0.119. The molecule has 6 heteroatoms. The molecule has 1 N–H and O–H groups in total. The Morgan fingerprint density at radius 2 is 1.71 bits per heavy atom. The number of amides is 1. The number of pyridine rings is 1. The second kappa shape index (κ2) is 9.66. The molecular formula is C29H27N3O3. The van der Waals surface area contributed by atoms with Crippen LogP contribution in [0.4, 0.5) is 5.82 Å². The van der Waals surface area contributed by atoms with Gasteiger partial charge in [0.15, 0.2) is 5.78 Å². The van der Waals surface area contributed by atoms with Crippen molar-refractivity contribution in [1.29, 1.82) is 0 Å². The van der Waals surface area contributed by atoms with E-state index in [0.29, 0.717) is 29.3 Å². The molecule has 0 saturated carbocycles. The van der Waals surface area contributed by atoms with Gasteiger partial charge in [0.1, 0.15) is 17.3 Å². The zero-order valence-electron chi connectivity index (χ0n) is 19.8. The van der Waals surface area contributed by atoms with E-state index >= 15 is 0 Å². The molecule has 1 aliphatic carbocycles. The number of aryl methyl sites for hydroxylation is 1. The van der Waals surface area contributed by atoms with Gasteiger partial charge in [-0.1, -0.05) is 36.4 Å². The van der Waals surface area contributed by atoms with E-state index in [9.17, 15) is 9.59 Å². The molecule has 0 bridgehead atoms. The predicted molar refractivity (Wildman–Crippen MR) is 136 cm³/mol. The van der Waals surface area contributed by atoms with Crippen LogP contribution < -0.4 is 10.1 Å². The molecule has 1 unspecified atom stereocenters. The Kier molecular flexibility index (Phi) is 6.27. The minimum absolute atomic E-state index is 0.0633. The van der Waals surface area contributed by atoms with Crippen LogP contribution in [0.1, 0.15) is 43.4 Å². The number of carbonyl (C=O) groups is 2. The number of nitrogens with zero attached hydrogens (tertiary/aromatic N) is 2. The van der Waals surface area contributed by atoms with Crippen LogP contribution in [0.25, 0.3) is 0 Å². The molecule has 3 aromatic rings. The van der Waals surface area contributed by atoms with Gasteiger partial charge in [-0.2, -0.15) is 0 Å². The number of allylic oxidation sites excluding steroid dienone is 2. The largest absolute Gasteiger partial charge is 0.457 e. The standard InChI is InChI=1S/C29H27N3O3/c1-18-9-6-16-25(30-18)32-29(34)26-19(2)31-23-14-8-15-24(33)28(23)27(26)20-10-7-13-22(17-20)35-21-11-4-3-5-12-21/h3-7,9-13,16-17,26-27H,8,14-15H2,1-2H3,(H,30,32,34)/t26?,27-/m1/s1. The van der Waals surface area contributed by atoms with Crippen molar-refractivity contribution in [3.8, 4) is 11.5 Å². The van der Waals surface area contributed by atoms with Gasteiger partial charge in [0, 0.05) is 35.0 Å². The van der Waals surface area contributed by atoms with Crippen LogP contribution in [0.2, 0.25) is 0 Å².